The number of nitrogens with two attached hydrogens (primary N) is 1. The number of amides is 1. The predicted octanol–water partition coefficient (Wildman–Crippen LogP) is -0.961. The van der Waals surface area contributed by atoms with Crippen LogP contribution in [0.4, 0.5) is 0 Å². The van der Waals surface area contributed by atoms with Gasteiger partial charge in [0.1, 0.15) is 0 Å². The quantitative estimate of drug-likeness (QED) is 0.688. The van der Waals surface area contributed by atoms with Crippen LogP contribution in [0.2, 0.25) is 0 Å². The largest absolute Gasteiger partial charge is 0.340 e. The molecule has 5 heteroatoms. The number of nitrogens with zero attached hydrogens (tertiary/aromatic N) is 3. The molecule has 1 amide bonds. The number of carbonyl (C=O) groups is 1. The van der Waals surface area contributed by atoms with Crippen molar-refractivity contribution in [3.63, 3.8) is 0 Å². The molecule has 2 unspecified atom stereocenters. The second-order valence-electron chi connectivity index (χ2n) is 5.48. The first-order valence-corrected chi connectivity index (χ1v) is 6.49. The maximum absolute atomic E-state index is 12.0. The van der Waals surface area contributed by atoms with Crippen molar-refractivity contribution >= 4 is 5.91 Å². The van der Waals surface area contributed by atoms with Gasteiger partial charge in [0.2, 0.25) is 5.91 Å². The van der Waals surface area contributed by atoms with Crippen LogP contribution in [0.15, 0.2) is 0 Å². The van der Waals surface area contributed by atoms with Crippen LogP contribution < -0.4 is 5.73 Å². The van der Waals surface area contributed by atoms with Crippen LogP contribution in [0.25, 0.3) is 0 Å². The Balaban J connectivity index is 1.69. The Morgan fingerprint density at radius 3 is 2.35 bits per heavy atom. The minimum Gasteiger partial charge on any atom is -0.340 e. The Morgan fingerprint density at radius 1 is 1.29 bits per heavy atom. The summed E-state index contributed by atoms with van der Waals surface area (Å²) in [5.74, 6) is 0.410. The van der Waals surface area contributed by atoms with Crippen LogP contribution in [0.3, 0.4) is 0 Å². The fourth-order valence-corrected chi connectivity index (χ4v) is 2.27. The molecule has 1 heterocycles. The molecule has 2 fully saturated rings. The highest BCUT2D eigenvalue weighted by Gasteiger charge is 2.42. The molecule has 5 nitrogen and oxygen atoms in total. The molecule has 0 aromatic heterocycles. The van der Waals surface area contributed by atoms with E-state index < -0.39 is 0 Å². The highest BCUT2D eigenvalue weighted by molar-refractivity contribution is 5.82. The van der Waals surface area contributed by atoms with Gasteiger partial charge in [-0.2, -0.15) is 0 Å². The van der Waals surface area contributed by atoms with E-state index in [0.717, 1.165) is 45.7 Å². The first-order valence-electron chi connectivity index (χ1n) is 6.49. The van der Waals surface area contributed by atoms with E-state index in [1.807, 2.05) is 4.90 Å². The molecule has 0 spiro atoms. The Kier molecular flexibility index (Phi) is 4.01. The summed E-state index contributed by atoms with van der Waals surface area (Å²) >= 11 is 0. The summed E-state index contributed by atoms with van der Waals surface area (Å²) in [6, 6.07) is 0.134. The van der Waals surface area contributed by atoms with E-state index in [1.54, 1.807) is 0 Å². The van der Waals surface area contributed by atoms with Crippen LogP contribution in [-0.2, 0) is 4.79 Å². The lowest BCUT2D eigenvalue weighted by Gasteiger charge is -2.35. The first kappa shape index (κ1) is 12.8. The van der Waals surface area contributed by atoms with E-state index >= 15 is 0 Å². The van der Waals surface area contributed by atoms with Crippen LogP contribution in [-0.4, -0.2) is 80.0 Å². The van der Waals surface area contributed by atoms with E-state index in [-0.39, 0.29) is 17.9 Å². The number of piperazine rings is 1. The summed E-state index contributed by atoms with van der Waals surface area (Å²) in [5.41, 5.74) is 5.72. The highest BCUT2D eigenvalue weighted by atomic mass is 16.2. The van der Waals surface area contributed by atoms with Gasteiger partial charge in [0.25, 0.3) is 0 Å². The molecule has 2 rings (SSSR count). The molecule has 0 aromatic carbocycles. The minimum atomic E-state index is 0.128. The molecule has 2 atom stereocenters. The van der Waals surface area contributed by atoms with Gasteiger partial charge >= 0.3 is 0 Å². The SMILES string of the molecule is CN(C)CCN1CCN(C(=O)C2CC2N)CC1. The molecule has 1 saturated heterocycles. The molecule has 0 radical (unpaired) electrons. The van der Waals surface area contributed by atoms with Crippen molar-refractivity contribution < 1.29 is 4.79 Å². The maximum atomic E-state index is 12.0. The normalized spacial score (nSPS) is 29.8. The number of rotatable bonds is 4. The molecule has 1 aliphatic heterocycles. The van der Waals surface area contributed by atoms with Crippen molar-refractivity contribution in [1.82, 2.24) is 14.7 Å². The third-order valence-corrected chi connectivity index (χ3v) is 3.70. The second-order valence-corrected chi connectivity index (χ2v) is 5.48. The molecule has 2 N–H and O–H groups in total. The van der Waals surface area contributed by atoms with E-state index in [4.69, 9.17) is 5.73 Å². The van der Waals surface area contributed by atoms with Crippen molar-refractivity contribution in [3.8, 4) is 0 Å². The highest BCUT2D eigenvalue weighted by Crippen LogP contribution is 2.30. The van der Waals surface area contributed by atoms with Gasteiger partial charge in [0.15, 0.2) is 0 Å². The van der Waals surface area contributed by atoms with Crippen LogP contribution >= 0.6 is 0 Å². The van der Waals surface area contributed by atoms with Crippen molar-refractivity contribution in [2.75, 3.05) is 53.4 Å². The zero-order valence-corrected chi connectivity index (χ0v) is 10.9. The van der Waals surface area contributed by atoms with Gasteiger partial charge in [0, 0.05) is 45.3 Å². The summed E-state index contributed by atoms with van der Waals surface area (Å²) < 4.78 is 0. The molecule has 0 aromatic rings. The number of hydrogen-bond acceptors (Lipinski definition) is 4. The zero-order valence-electron chi connectivity index (χ0n) is 10.9. The smallest absolute Gasteiger partial charge is 0.227 e. The van der Waals surface area contributed by atoms with E-state index in [0.29, 0.717) is 0 Å². The van der Waals surface area contributed by atoms with Crippen molar-refractivity contribution in [2.45, 2.75) is 12.5 Å². The Morgan fingerprint density at radius 2 is 1.88 bits per heavy atom. The minimum absolute atomic E-state index is 0.128. The van der Waals surface area contributed by atoms with Crippen LogP contribution in [0, 0.1) is 5.92 Å². The number of carbonyl (C=O) groups excluding carboxylic acids is 1. The third kappa shape index (κ3) is 3.40. The number of likely N-dealkylation sites (N-methyl/N-ethyl adjacent to an activating group) is 1. The number of hydrogen-bond donors (Lipinski definition) is 1. The maximum Gasteiger partial charge on any atom is 0.227 e. The average molecular weight is 240 g/mol. The summed E-state index contributed by atoms with van der Waals surface area (Å²) in [6.07, 6.45) is 0.889. The molecule has 1 aliphatic carbocycles. The van der Waals surface area contributed by atoms with Gasteiger partial charge in [-0.15, -0.1) is 0 Å². The summed E-state index contributed by atoms with van der Waals surface area (Å²) in [5, 5.41) is 0. The van der Waals surface area contributed by atoms with E-state index in [9.17, 15) is 4.79 Å². The Labute approximate surface area is 104 Å². The topological polar surface area (TPSA) is 52.8 Å². The first-order chi connectivity index (χ1) is 8.08. The lowest BCUT2D eigenvalue weighted by atomic mass is 10.2. The van der Waals surface area contributed by atoms with Crippen LogP contribution in [0.5, 0.6) is 0 Å². The summed E-state index contributed by atoms with van der Waals surface area (Å²) in [7, 11) is 4.18. The Bertz CT molecular complexity index is 274. The second kappa shape index (κ2) is 5.33. The lowest BCUT2D eigenvalue weighted by molar-refractivity contribution is -0.134. The lowest BCUT2D eigenvalue weighted by Crippen LogP contribution is -2.50. The average Bonchev–Trinajstić information content (AvgIpc) is 3.03. The predicted molar refractivity (Wildman–Crippen MR) is 67.7 cm³/mol. The monoisotopic (exact) mass is 240 g/mol. The van der Waals surface area contributed by atoms with Crippen molar-refractivity contribution in [1.29, 1.82) is 0 Å². The Hall–Kier alpha value is -0.650. The third-order valence-electron chi connectivity index (χ3n) is 3.70. The molecule has 0 bridgehead atoms. The van der Waals surface area contributed by atoms with Gasteiger partial charge in [-0.1, -0.05) is 0 Å². The van der Waals surface area contributed by atoms with Gasteiger partial charge < -0.3 is 15.5 Å². The van der Waals surface area contributed by atoms with E-state index in [1.165, 1.54) is 0 Å². The fourth-order valence-electron chi connectivity index (χ4n) is 2.27. The standard InChI is InChI=1S/C12H24N4O/c1-14(2)3-4-15-5-7-16(8-6-15)12(17)10-9-11(10)13/h10-11H,3-9,13H2,1-2H3. The molecular formula is C12H24N4O. The molecule has 17 heavy (non-hydrogen) atoms. The fraction of sp³-hybridized carbons (Fsp3) is 0.917. The van der Waals surface area contributed by atoms with Gasteiger partial charge in [-0.05, 0) is 20.5 Å². The van der Waals surface area contributed by atoms with Crippen molar-refractivity contribution in [2.24, 2.45) is 11.7 Å². The van der Waals surface area contributed by atoms with Crippen LogP contribution in [0.1, 0.15) is 6.42 Å². The zero-order chi connectivity index (χ0) is 12.4. The van der Waals surface area contributed by atoms with Gasteiger partial charge in [0.05, 0.1) is 5.92 Å². The molecule has 2 aliphatic rings. The van der Waals surface area contributed by atoms with Crippen molar-refractivity contribution in [3.05, 3.63) is 0 Å². The van der Waals surface area contributed by atoms with Gasteiger partial charge in [-0.3, -0.25) is 9.69 Å². The van der Waals surface area contributed by atoms with E-state index in [2.05, 4.69) is 23.9 Å². The molecule has 98 valence electrons. The van der Waals surface area contributed by atoms with Gasteiger partial charge in [-0.25, -0.2) is 0 Å². The summed E-state index contributed by atoms with van der Waals surface area (Å²) in [6.45, 7) is 5.92. The summed E-state index contributed by atoms with van der Waals surface area (Å²) in [4.78, 5) is 18.6. The molecular weight excluding hydrogens is 216 g/mol. The molecule has 1 saturated carbocycles.